The van der Waals surface area contributed by atoms with Crippen molar-refractivity contribution in [3.63, 3.8) is 0 Å². The van der Waals surface area contributed by atoms with E-state index in [1.807, 2.05) is 25.1 Å². The lowest BCUT2D eigenvalue weighted by molar-refractivity contribution is -0.275. The molecule has 92 valence electrons. The Hall–Kier alpha value is -1.16. The molecule has 1 aliphatic carbocycles. The second-order valence-corrected chi connectivity index (χ2v) is 3.93. The van der Waals surface area contributed by atoms with Crippen molar-refractivity contribution in [1.82, 2.24) is 0 Å². The van der Waals surface area contributed by atoms with Crippen LogP contribution in [-0.4, -0.2) is 20.5 Å². The van der Waals surface area contributed by atoms with Crippen LogP contribution in [0.3, 0.4) is 0 Å². The molecule has 17 heavy (non-hydrogen) atoms. The van der Waals surface area contributed by atoms with Gasteiger partial charge in [-0.3, -0.25) is 0 Å². The largest absolute Gasteiger partial charge is 0.359 e. The molecule has 1 aromatic carbocycles. The molecule has 0 saturated carbocycles. The zero-order valence-electron chi connectivity index (χ0n) is 10.3. The number of ether oxygens (including phenoxy) is 3. The predicted molar refractivity (Wildman–Crippen MR) is 66.4 cm³/mol. The highest BCUT2D eigenvalue weighted by Gasteiger charge is 2.36. The Morgan fingerprint density at radius 1 is 1.24 bits per heavy atom. The van der Waals surface area contributed by atoms with Gasteiger partial charge in [0, 0.05) is 25.7 Å². The van der Waals surface area contributed by atoms with Crippen molar-refractivity contribution in [2.24, 2.45) is 0 Å². The molecule has 0 spiro atoms. The monoisotopic (exact) mass is 234 g/mol. The Kier molecular flexibility index (Phi) is 3.94. The molecule has 0 amide bonds. The van der Waals surface area contributed by atoms with Crippen molar-refractivity contribution in [2.45, 2.75) is 19.1 Å². The first-order valence-electron chi connectivity index (χ1n) is 5.85. The number of hydrogen-bond donors (Lipinski definition) is 0. The quantitative estimate of drug-likeness (QED) is 0.733. The van der Waals surface area contributed by atoms with Crippen LogP contribution >= 0.6 is 0 Å². The number of methoxy groups -OCH3 is 1. The number of fused-ring (bicyclic) bond motifs is 1. The molecule has 2 rings (SSSR count). The highest BCUT2D eigenvalue weighted by atomic mass is 16.8. The maximum atomic E-state index is 5.85. The second kappa shape index (κ2) is 5.45. The first kappa shape index (κ1) is 12.3. The fourth-order valence-corrected chi connectivity index (χ4v) is 2.14. The number of hydrogen-bond acceptors (Lipinski definition) is 3. The smallest absolute Gasteiger partial charge is 0.201 e. The summed E-state index contributed by atoms with van der Waals surface area (Å²) in [6.45, 7) is 2.80. The maximum absolute atomic E-state index is 5.85. The summed E-state index contributed by atoms with van der Waals surface area (Å²) in [5.41, 5.74) is 2.21. The lowest BCUT2D eigenvalue weighted by Gasteiger charge is -2.35. The van der Waals surface area contributed by atoms with Crippen molar-refractivity contribution >= 4 is 6.08 Å². The third-order valence-corrected chi connectivity index (χ3v) is 2.84. The Morgan fingerprint density at radius 3 is 2.82 bits per heavy atom. The van der Waals surface area contributed by atoms with E-state index in [9.17, 15) is 0 Å². The van der Waals surface area contributed by atoms with E-state index in [0.29, 0.717) is 13.0 Å². The van der Waals surface area contributed by atoms with Crippen LogP contribution in [0.4, 0.5) is 0 Å². The van der Waals surface area contributed by atoms with Crippen LogP contribution in [0.5, 0.6) is 0 Å². The molecule has 0 aliphatic heterocycles. The molecule has 3 heteroatoms. The second-order valence-electron chi connectivity index (χ2n) is 3.93. The fourth-order valence-electron chi connectivity index (χ4n) is 2.14. The molecule has 0 bridgehead atoms. The first-order chi connectivity index (χ1) is 8.32. The third kappa shape index (κ3) is 2.41. The standard InChI is InChI=1S/C14H18O3/c1-3-16-14(17-11-15-2)10-6-8-12-7-4-5-9-13(12)14/h4-9H,3,10-11H2,1-2H3. The lowest BCUT2D eigenvalue weighted by Crippen LogP contribution is -2.35. The van der Waals surface area contributed by atoms with Gasteiger partial charge in [0.15, 0.2) is 0 Å². The van der Waals surface area contributed by atoms with Crippen molar-refractivity contribution in [2.75, 3.05) is 20.5 Å². The molecule has 0 N–H and O–H groups in total. The maximum Gasteiger partial charge on any atom is 0.201 e. The van der Waals surface area contributed by atoms with Gasteiger partial charge in [0.2, 0.25) is 5.79 Å². The molecule has 1 aromatic rings. The number of benzene rings is 1. The van der Waals surface area contributed by atoms with E-state index < -0.39 is 5.79 Å². The zero-order chi connectivity index (χ0) is 12.1. The molecule has 3 nitrogen and oxygen atoms in total. The summed E-state index contributed by atoms with van der Waals surface area (Å²) in [5.74, 6) is -0.698. The van der Waals surface area contributed by atoms with Crippen molar-refractivity contribution in [3.8, 4) is 0 Å². The van der Waals surface area contributed by atoms with Crippen molar-refractivity contribution in [1.29, 1.82) is 0 Å². The summed E-state index contributed by atoms with van der Waals surface area (Å²) in [6, 6.07) is 8.13. The third-order valence-electron chi connectivity index (χ3n) is 2.84. The van der Waals surface area contributed by atoms with Gasteiger partial charge >= 0.3 is 0 Å². The van der Waals surface area contributed by atoms with Gasteiger partial charge < -0.3 is 14.2 Å². The van der Waals surface area contributed by atoms with Gasteiger partial charge in [-0.25, -0.2) is 0 Å². The molecule has 0 radical (unpaired) electrons. The van der Waals surface area contributed by atoms with E-state index in [1.165, 1.54) is 0 Å². The van der Waals surface area contributed by atoms with Gasteiger partial charge in [0.1, 0.15) is 6.79 Å². The summed E-state index contributed by atoms with van der Waals surface area (Å²) in [4.78, 5) is 0. The predicted octanol–water partition coefficient (Wildman–Crippen LogP) is 2.91. The minimum atomic E-state index is -0.698. The Labute approximate surface area is 102 Å². The van der Waals surface area contributed by atoms with Gasteiger partial charge in [0.05, 0.1) is 0 Å². The molecule has 0 heterocycles. The molecular weight excluding hydrogens is 216 g/mol. The van der Waals surface area contributed by atoms with Crippen molar-refractivity contribution < 1.29 is 14.2 Å². The van der Waals surface area contributed by atoms with Gasteiger partial charge in [-0.2, -0.15) is 0 Å². The van der Waals surface area contributed by atoms with E-state index >= 15 is 0 Å². The van der Waals surface area contributed by atoms with Crippen LogP contribution in [-0.2, 0) is 20.0 Å². The molecule has 0 saturated heterocycles. The molecule has 1 unspecified atom stereocenters. The highest BCUT2D eigenvalue weighted by molar-refractivity contribution is 5.58. The summed E-state index contributed by atoms with van der Waals surface area (Å²) < 4.78 is 16.6. The molecule has 0 fully saturated rings. The normalized spacial score (nSPS) is 22.5. The van der Waals surface area contributed by atoms with E-state index in [4.69, 9.17) is 14.2 Å². The fraction of sp³-hybridized carbons (Fsp3) is 0.429. The minimum absolute atomic E-state index is 0.224. The van der Waals surface area contributed by atoms with Crippen LogP contribution in [0.1, 0.15) is 24.5 Å². The summed E-state index contributed by atoms with van der Waals surface area (Å²) in [6.07, 6.45) is 4.89. The van der Waals surface area contributed by atoms with Gasteiger partial charge in [-0.1, -0.05) is 36.4 Å². The Balaban J connectivity index is 2.36. The van der Waals surface area contributed by atoms with Crippen LogP contribution in [0.2, 0.25) is 0 Å². The van der Waals surface area contributed by atoms with Crippen LogP contribution < -0.4 is 0 Å². The van der Waals surface area contributed by atoms with E-state index in [-0.39, 0.29) is 6.79 Å². The highest BCUT2D eigenvalue weighted by Crippen LogP contribution is 2.37. The van der Waals surface area contributed by atoms with Crippen LogP contribution in [0.25, 0.3) is 6.08 Å². The molecular formula is C14H18O3. The SMILES string of the molecule is CCOC1(OCOC)CC=Cc2ccccc21. The van der Waals surface area contributed by atoms with E-state index in [1.54, 1.807) is 7.11 Å². The van der Waals surface area contributed by atoms with E-state index in [0.717, 1.165) is 11.1 Å². The Morgan fingerprint density at radius 2 is 2.06 bits per heavy atom. The summed E-state index contributed by atoms with van der Waals surface area (Å²) in [7, 11) is 1.62. The van der Waals surface area contributed by atoms with Gasteiger partial charge in [-0.15, -0.1) is 0 Å². The topological polar surface area (TPSA) is 27.7 Å². The minimum Gasteiger partial charge on any atom is -0.359 e. The van der Waals surface area contributed by atoms with Crippen LogP contribution in [0.15, 0.2) is 30.3 Å². The summed E-state index contributed by atoms with van der Waals surface area (Å²) in [5, 5.41) is 0. The summed E-state index contributed by atoms with van der Waals surface area (Å²) >= 11 is 0. The average molecular weight is 234 g/mol. The molecule has 1 aliphatic rings. The van der Waals surface area contributed by atoms with Gasteiger partial charge in [-0.05, 0) is 12.5 Å². The first-order valence-corrected chi connectivity index (χ1v) is 5.85. The van der Waals surface area contributed by atoms with Crippen molar-refractivity contribution in [3.05, 3.63) is 41.5 Å². The zero-order valence-corrected chi connectivity index (χ0v) is 10.3. The number of rotatable bonds is 5. The average Bonchev–Trinajstić information content (AvgIpc) is 2.37. The van der Waals surface area contributed by atoms with Gasteiger partial charge in [0.25, 0.3) is 0 Å². The lowest BCUT2D eigenvalue weighted by atomic mass is 9.91. The van der Waals surface area contributed by atoms with Crippen LogP contribution in [0, 0.1) is 0 Å². The molecule has 1 atom stereocenters. The molecule has 0 aromatic heterocycles. The Bertz CT molecular complexity index is 400. The van der Waals surface area contributed by atoms with E-state index in [2.05, 4.69) is 18.2 Å².